The number of rotatable bonds is 9. The molecule has 1 aliphatic heterocycles. The van der Waals surface area contributed by atoms with Crippen LogP contribution in [0.4, 0.5) is 16.2 Å². The summed E-state index contributed by atoms with van der Waals surface area (Å²) in [5.74, 6) is 0. The zero-order valence-electron chi connectivity index (χ0n) is 14.1. The molecule has 0 bridgehead atoms. The topological polar surface area (TPSA) is 53.6 Å². The van der Waals surface area contributed by atoms with Gasteiger partial charge in [0.05, 0.1) is 11.4 Å². The molecule has 1 aromatic rings. The van der Waals surface area contributed by atoms with Crippen LogP contribution in [0.15, 0.2) is 24.3 Å². The second kappa shape index (κ2) is 10.1. The zero-order chi connectivity index (χ0) is 16.3. The predicted molar refractivity (Wildman–Crippen MR) is 95.3 cm³/mol. The minimum atomic E-state index is -0.148. The number of nitrogens with one attached hydrogen (secondary N) is 2. The summed E-state index contributed by atoms with van der Waals surface area (Å²) >= 11 is 0. The Morgan fingerprint density at radius 1 is 1.17 bits per heavy atom. The Morgan fingerprint density at radius 2 is 1.91 bits per heavy atom. The van der Waals surface area contributed by atoms with Crippen molar-refractivity contribution in [1.82, 2.24) is 5.32 Å². The van der Waals surface area contributed by atoms with Crippen LogP contribution < -0.4 is 15.5 Å². The van der Waals surface area contributed by atoms with Gasteiger partial charge in [-0.25, -0.2) is 4.79 Å². The van der Waals surface area contributed by atoms with E-state index in [-0.39, 0.29) is 6.03 Å². The maximum Gasteiger partial charge on any atom is 0.319 e. The molecule has 2 rings (SSSR count). The molecule has 2 amide bonds. The van der Waals surface area contributed by atoms with E-state index in [1.807, 2.05) is 18.2 Å². The molecule has 1 aliphatic rings. The van der Waals surface area contributed by atoms with Gasteiger partial charge in [-0.2, -0.15) is 0 Å². The highest BCUT2D eigenvalue weighted by atomic mass is 16.5. The van der Waals surface area contributed by atoms with Gasteiger partial charge in [0.1, 0.15) is 0 Å². The van der Waals surface area contributed by atoms with Gasteiger partial charge in [0.25, 0.3) is 0 Å². The van der Waals surface area contributed by atoms with Crippen molar-refractivity contribution in [2.24, 2.45) is 0 Å². The zero-order valence-corrected chi connectivity index (χ0v) is 14.1. The monoisotopic (exact) mass is 319 g/mol. The molecule has 23 heavy (non-hydrogen) atoms. The first-order chi connectivity index (χ1) is 11.3. The van der Waals surface area contributed by atoms with Crippen molar-refractivity contribution in [2.45, 2.75) is 39.0 Å². The van der Waals surface area contributed by atoms with Gasteiger partial charge in [-0.3, -0.25) is 0 Å². The van der Waals surface area contributed by atoms with Gasteiger partial charge in [-0.15, -0.1) is 0 Å². The van der Waals surface area contributed by atoms with Crippen LogP contribution in [0.2, 0.25) is 0 Å². The standard InChI is InChI=1S/C18H29N3O2/c1-2-3-14-23-15-8-11-19-18(22)20-16-9-4-5-10-17(16)21-12-6-7-13-21/h4-5,9-10H,2-3,6-8,11-15H2,1H3,(H2,19,20,22). The minimum Gasteiger partial charge on any atom is -0.381 e. The molecule has 0 atom stereocenters. The van der Waals surface area contributed by atoms with Crippen molar-refractivity contribution in [2.75, 3.05) is 43.1 Å². The van der Waals surface area contributed by atoms with Crippen LogP contribution in [0.1, 0.15) is 39.0 Å². The molecule has 0 aromatic heterocycles. The van der Waals surface area contributed by atoms with Crippen LogP contribution in [0.25, 0.3) is 0 Å². The van der Waals surface area contributed by atoms with Gasteiger partial charge in [-0.1, -0.05) is 25.5 Å². The van der Waals surface area contributed by atoms with E-state index in [1.54, 1.807) is 0 Å². The van der Waals surface area contributed by atoms with Gasteiger partial charge in [0, 0.05) is 32.8 Å². The number of nitrogens with zero attached hydrogens (tertiary/aromatic N) is 1. The van der Waals surface area contributed by atoms with E-state index in [2.05, 4.69) is 28.5 Å². The molecule has 0 radical (unpaired) electrons. The molecule has 1 aromatic carbocycles. The van der Waals surface area contributed by atoms with E-state index in [0.717, 1.165) is 50.3 Å². The molecule has 1 saturated heterocycles. The first-order valence-corrected chi connectivity index (χ1v) is 8.78. The largest absolute Gasteiger partial charge is 0.381 e. The number of amides is 2. The number of ether oxygens (including phenoxy) is 1. The normalized spacial score (nSPS) is 14.0. The molecular formula is C18H29N3O2. The quantitative estimate of drug-likeness (QED) is 0.684. The van der Waals surface area contributed by atoms with Gasteiger partial charge in [0.15, 0.2) is 0 Å². The third-order valence-corrected chi connectivity index (χ3v) is 3.99. The lowest BCUT2D eigenvalue weighted by molar-refractivity contribution is 0.129. The number of para-hydroxylation sites is 2. The van der Waals surface area contributed by atoms with Crippen molar-refractivity contribution < 1.29 is 9.53 Å². The van der Waals surface area contributed by atoms with Crippen LogP contribution in [-0.2, 0) is 4.74 Å². The Kier molecular flexibility index (Phi) is 7.73. The molecule has 2 N–H and O–H groups in total. The molecule has 5 heteroatoms. The fourth-order valence-corrected chi connectivity index (χ4v) is 2.70. The smallest absolute Gasteiger partial charge is 0.319 e. The van der Waals surface area contributed by atoms with Gasteiger partial charge < -0.3 is 20.3 Å². The Hall–Kier alpha value is -1.75. The summed E-state index contributed by atoms with van der Waals surface area (Å²) in [6, 6.07) is 7.86. The summed E-state index contributed by atoms with van der Waals surface area (Å²) in [6.07, 6.45) is 5.53. The summed E-state index contributed by atoms with van der Waals surface area (Å²) < 4.78 is 5.48. The lowest BCUT2D eigenvalue weighted by atomic mass is 10.2. The summed E-state index contributed by atoms with van der Waals surface area (Å²) in [5, 5.41) is 5.86. The number of carbonyl (C=O) groups excluding carboxylic acids is 1. The minimum absolute atomic E-state index is 0.148. The molecule has 0 unspecified atom stereocenters. The number of unbranched alkanes of at least 4 members (excludes halogenated alkanes) is 1. The van der Waals surface area contributed by atoms with Crippen LogP contribution in [0.5, 0.6) is 0 Å². The van der Waals surface area contributed by atoms with Crippen molar-refractivity contribution in [3.8, 4) is 0 Å². The van der Waals surface area contributed by atoms with E-state index in [1.165, 1.54) is 12.8 Å². The number of hydrogen-bond acceptors (Lipinski definition) is 3. The third kappa shape index (κ3) is 6.10. The van der Waals surface area contributed by atoms with E-state index in [0.29, 0.717) is 13.2 Å². The van der Waals surface area contributed by atoms with Crippen LogP contribution in [0, 0.1) is 0 Å². The van der Waals surface area contributed by atoms with Crippen molar-refractivity contribution >= 4 is 17.4 Å². The Morgan fingerprint density at radius 3 is 2.70 bits per heavy atom. The lowest BCUT2D eigenvalue weighted by Crippen LogP contribution is -2.31. The van der Waals surface area contributed by atoms with Crippen LogP contribution >= 0.6 is 0 Å². The molecule has 5 nitrogen and oxygen atoms in total. The maximum absolute atomic E-state index is 12.0. The van der Waals surface area contributed by atoms with Crippen LogP contribution in [-0.4, -0.2) is 38.9 Å². The average molecular weight is 319 g/mol. The number of hydrogen-bond donors (Lipinski definition) is 2. The molecule has 0 saturated carbocycles. The SMILES string of the molecule is CCCCOCCCNC(=O)Nc1ccccc1N1CCCC1. The first kappa shape index (κ1) is 17.6. The lowest BCUT2D eigenvalue weighted by Gasteiger charge is -2.21. The summed E-state index contributed by atoms with van der Waals surface area (Å²) in [7, 11) is 0. The van der Waals surface area contributed by atoms with Crippen molar-refractivity contribution in [3.05, 3.63) is 24.3 Å². The Balaban J connectivity index is 1.71. The highest BCUT2D eigenvalue weighted by Crippen LogP contribution is 2.28. The second-order valence-corrected chi connectivity index (χ2v) is 5.91. The maximum atomic E-state index is 12.0. The number of urea groups is 1. The molecule has 1 fully saturated rings. The summed E-state index contributed by atoms with van der Waals surface area (Å²) in [4.78, 5) is 14.4. The molecular weight excluding hydrogens is 290 g/mol. The van der Waals surface area contributed by atoms with E-state index in [4.69, 9.17) is 4.74 Å². The van der Waals surface area contributed by atoms with Gasteiger partial charge in [0.2, 0.25) is 0 Å². The van der Waals surface area contributed by atoms with Gasteiger partial charge in [-0.05, 0) is 37.8 Å². The number of benzene rings is 1. The average Bonchev–Trinajstić information content (AvgIpc) is 3.09. The highest BCUT2D eigenvalue weighted by Gasteiger charge is 2.16. The molecule has 0 aliphatic carbocycles. The van der Waals surface area contributed by atoms with E-state index in [9.17, 15) is 4.79 Å². The molecule has 1 heterocycles. The Bertz CT molecular complexity index is 473. The summed E-state index contributed by atoms with van der Waals surface area (Å²) in [6.45, 7) is 6.42. The summed E-state index contributed by atoms with van der Waals surface area (Å²) in [5.41, 5.74) is 1.99. The van der Waals surface area contributed by atoms with E-state index < -0.39 is 0 Å². The van der Waals surface area contributed by atoms with E-state index >= 15 is 0 Å². The Labute approximate surface area is 139 Å². The van der Waals surface area contributed by atoms with Crippen molar-refractivity contribution in [3.63, 3.8) is 0 Å². The third-order valence-electron chi connectivity index (χ3n) is 3.99. The van der Waals surface area contributed by atoms with Crippen molar-refractivity contribution in [1.29, 1.82) is 0 Å². The van der Waals surface area contributed by atoms with Gasteiger partial charge >= 0.3 is 6.03 Å². The first-order valence-electron chi connectivity index (χ1n) is 8.78. The highest BCUT2D eigenvalue weighted by molar-refractivity contribution is 5.93. The number of anilines is 2. The fraction of sp³-hybridized carbons (Fsp3) is 0.611. The fourth-order valence-electron chi connectivity index (χ4n) is 2.70. The number of carbonyl (C=O) groups is 1. The van der Waals surface area contributed by atoms with Crippen LogP contribution in [0.3, 0.4) is 0 Å². The molecule has 128 valence electrons. The predicted octanol–water partition coefficient (Wildman–Crippen LogP) is 3.62. The second-order valence-electron chi connectivity index (χ2n) is 5.91. The molecule has 0 spiro atoms.